The van der Waals surface area contributed by atoms with Crippen LogP contribution in [0.2, 0.25) is 0 Å². The Balaban J connectivity index is 1.87. The molecule has 5 heteroatoms. The minimum absolute atomic E-state index is 0.0331. The molecule has 1 aromatic heterocycles. The molecule has 0 bridgehead atoms. The summed E-state index contributed by atoms with van der Waals surface area (Å²) in [6.45, 7) is 5.67. The van der Waals surface area contributed by atoms with Crippen molar-refractivity contribution in [1.29, 1.82) is 0 Å². The molecule has 1 aromatic carbocycles. The molecule has 2 aromatic rings. The molecule has 3 nitrogen and oxygen atoms in total. The van der Waals surface area contributed by atoms with Crippen molar-refractivity contribution in [1.82, 2.24) is 5.32 Å². The predicted octanol–water partition coefficient (Wildman–Crippen LogP) is 4.31. The van der Waals surface area contributed by atoms with E-state index in [0.717, 1.165) is 22.5 Å². The summed E-state index contributed by atoms with van der Waals surface area (Å²) < 4.78 is 13.2. The molecule has 0 radical (unpaired) electrons. The Morgan fingerprint density at radius 2 is 2.14 bits per heavy atom. The number of ether oxygens (including phenoxy) is 2. The summed E-state index contributed by atoms with van der Waals surface area (Å²) in [6.07, 6.45) is -0.0331. The minimum atomic E-state index is -0.0331. The van der Waals surface area contributed by atoms with Crippen molar-refractivity contribution in [3.8, 4) is 11.5 Å². The van der Waals surface area contributed by atoms with E-state index in [9.17, 15) is 0 Å². The fourth-order valence-corrected chi connectivity index (χ4v) is 4.55. The molecule has 0 amide bonds. The first-order chi connectivity index (χ1) is 10.2. The van der Waals surface area contributed by atoms with Gasteiger partial charge in [0.25, 0.3) is 0 Å². The van der Waals surface area contributed by atoms with Crippen LogP contribution in [0.5, 0.6) is 11.5 Å². The molecule has 2 unspecified atom stereocenters. The highest BCUT2D eigenvalue weighted by atomic mass is 79.9. The summed E-state index contributed by atoms with van der Waals surface area (Å²) in [6, 6.07) is 10.1. The lowest BCUT2D eigenvalue weighted by Gasteiger charge is -2.32. The Hall–Kier alpha value is -1.04. The molecule has 112 valence electrons. The molecule has 0 fully saturated rings. The standard InChI is InChI=1S/C16H18BrNO2S/c1-3-18-15(16-11(17)8-10(2)21-16)14-9-19-12-6-4-5-7-13(12)20-14/h4-8,14-15,18H,3,9H2,1-2H3. The number of halogens is 1. The van der Waals surface area contributed by atoms with E-state index in [1.807, 2.05) is 24.3 Å². The molecule has 0 spiro atoms. The number of hydrogen-bond acceptors (Lipinski definition) is 4. The van der Waals surface area contributed by atoms with Gasteiger partial charge in [0.05, 0.1) is 6.04 Å². The van der Waals surface area contributed by atoms with Crippen molar-refractivity contribution < 1.29 is 9.47 Å². The second-order valence-corrected chi connectivity index (χ2v) is 7.16. The second kappa shape index (κ2) is 6.38. The van der Waals surface area contributed by atoms with E-state index in [-0.39, 0.29) is 12.1 Å². The third-order valence-corrected chi connectivity index (χ3v) is 5.50. The van der Waals surface area contributed by atoms with Gasteiger partial charge in [-0.3, -0.25) is 0 Å². The van der Waals surface area contributed by atoms with Crippen LogP contribution in [0.25, 0.3) is 0 Å². The fraction of sp³-hybridized carbons (Fsp3) is 0.375. The van der Waals surface area contributed by atoms with Gasteiger partial charge >= 0.3 is 0 Å². The van der Waals surface area contributed by atoms with E-state index < -0.39 is 0 Å². The van der Waals surface area contributed by atoms with E-state index >= 15 is 0 Å². The molecule has 3 rings (SSSR count). The van der Waals surface area contributed by atoms with Crippen LogP contribution in [0.4, 0.5) is 0 Å². The number of hydrogen-bond donors (Lipinski definition) is 1. The molecular formula is C16H18BrNO2S. The third kappa shape index (κ3) is 3.10. The summed E-state index contributed by atoms with van der Waals surface area (Å²) in [4.78, 5) is 2.55. The molecule has 1 N–H and O–H groups in total. The first-order valence-corrected chi connectivity index (χ1v) is 8.67. The SMILES string of the molecule is CCNC(c1sc(C)cc1Br)C1COc2ccccc2O1. The highest BCUT2D eigenvalue weighted by molar-refractivity contribution is 9.10. The topological polar surface area (TPSA) is 30.5 Å². The molecule has 0 aliphatic carbocycles. The van der Waals surface area contributed by atoms with Gasteiger partial charge in [0.2, 0.25) is 0 Å². The normalized spacial score (nSPS) is 18.5. The zero-order valence-corrected chi connectivity index (χ0v) is 14.5. The van der Waals surface area contributed by atoms with Crippen LogP contribution in [0.3, 0.4) is 0 Å². The van der Waals surface area contributed by atoms with E-state index in [1.54, 1.807) is 11.3 Å². The van der Waals surface area contributed by atoms with E-state index in [4.69, 9.17) is 9.47 Å². The van der Waals surface area contributed by atoms with Crippen molar-refractivity contribution in [3.63, 3.8) is 0 Å². The second-order valence-electron chi connectivity index (χ2n) is 5.02. The number of aryl methyl sites for hydroxylation is 1. The maximum Gasteiger partial charge on any atom is 0.161 e. The molecular weight excluding hydrogens is 350 g/mol. The Morgan fingerprint density at radius 3 is 2.81 bits per heavy atom. The Morgan fingerprint density at radius 1 is 1.38 bits per heavy atom. The van der Waals surface area contributed by atoms with E-state index in [0.29, 0.717) is 6.61 Å². The van der Waals surface area contributed by atoms with Gasteiger partial charge in [-0.25, -0.2) is 0 Å². The first-order valence-electron chi connectivity index (χ1n) is 7.06. The number of benzene rings is 1. The number of rotatable bonds is 4. The molecule has 1 aliphatic rings. The van der Waals surface area contributed by atoms with Crippen molar-refractivity contribution in [2.75, 3.05) is 13.2 Å². The molecule has 2 atom stereocenters. The van der Waals surface area contributed by atoms with Crippen LogP contribution in [0, 0.1) is 6.92 Å². The van der Waals surface area contributed by atoms with Gasteiger partial charge in [-0.15, -0.1) is 11.3 Å². The number of para-hydroxylation sites is 2. The zero-order chi connectivity index (χ0) is 14.8. The fourth-order valence-electron chi connectivity index (χ4n) is 2.53. The van der Waals surface area contributed by atoms with E-state index in [1.165, 1.54) is 9.75 Å². The number of thiophene rings is 1. The van der Waals surface area contributed by atoms with E-state index in [2.05, 4.69) is 41.2 Å². The number of fused-ring (bicyclic) bond motifs is 1. The van der Waals surface area contributed by atoms with Crippen LogP contribution < -0.4 is 14.8 Å². The first kappa shape index (κ1) is 14.9. The van der Waals surface area contributed by atoms with Gasteiger partial charge < -0.3 is 14.8 Å². The monoisotopic (exact) mass is 367 g/mol. The van der Waals surface area contributed by atoms with Crippen molar-refractivity contribution in [2.45, 2.75) is 26.0 Å². The van der Waals surface area contributed by atoms with Crippen LogP contribution in [-0.4, -0.2) is 19.3 Å². The van der Waals surface area contributed by atoms with Gasteiger partial charge in [0.15, 0.2) is 17.6 Å². The summed E-state index contributed by atoms with van der Waals surface area (Å²) in [5.74, 6) is 1.64. The highest BCUT2D eigenvalue weighted by Gasteiger charge is 2.31. The minimum Gasteiger partial charge on any atom is -0.486 e. The molecule has 0 saturated carbocycles. The maximum atomic E-state index is 6.16. The maximum absolute atomic E-state index is 6.16. The predicted molar refractivity (Wildman–Crippen MR) is 89.5 cm³/mol. The Kier molecular flexibility index (Phi) is 4.52. The van der Waals surface area contributed by atoms with Gasteiger partial charge in [0, 0.05) is 14.2 Å². The van der Waals surface area contributed by atoms with Crippen molar-refractivity contribution in [2.24, 2.45) is 0 Å². The van der Waals surface area contributed by atoms with Crippen LogP contribution in [0.15, 0.2) is 34.8 Å². The smallest absolute Gasteiger partial charge is 0.161 e. The van der Waals surface area contributed by atoms with Crippen molar-refractivity contribution >= 4 is 27.3 Å². The van der Waals surface area contributed by atoms with Crippen molar-refractivity contribution in [3.05, 3.63) is 44.6 Å². The van der Waals surface area contributed by atoms with Crippen LogP contribution >= 0.6 is 27.3 Å². The lowest BCUT2D eigenvalue weighted by atomic mass is 10.1. The summed E-state index contributed by atoms with van der Waals surface area (Å²) in [5.41, 5.74) is 0. The quantitative estimate of drug-likeness (QED) is 0.873. The molecule has 0 saturated heterocycles. The molecule has 21 heavy (non-hydrogen) atoms. The summed E-state index contributed by atoms with van der Waals surface area (Å²) >= 11 is 5.45. The number of likely N-dealkylation sites (N-methyl/N-ethyl adjacent to an activating group) is 1. The average molecular weight is 368 g/mol. The van der Waals surface area contributed by atoms with Gasteiger partial charge in [0.1, 0.15) is 6.61 Å². The van der Waals surface area contributed by atoms with Crippen LogP contribution in [0.1, 0.15) is 22.7 Å². The molecule has 2 heterocycles. The summed E-state index contributed by atoms with van der Waals surface area (Å²) in [5, 5.41) is 3.53. The van der Waals surface area contributed by atoms with Gasteiger partial charge in [-0.1, -0.05) is 19.1 Å². The third-order valence-electron chi connectivity index (χ3n) is 3.45. The number of nitrogens with one attached hydrogen (secondary N) is 1. The Bertz CT molecular complexity index is 628. The average Bonchev–Trinajstić information content (AvgIpc) is 2.83. The zero-order valence-electron chi connectivity index (χ0n) is 12.1. The van der Waals surface area contributed by atoms with Crippen LogP contribution in [-0.2, 0) is 0 Å². The largest absolute Gasteiger partial charge is 0.486 e. The highest BCUT2D eigenvalue weighted by Crippen LogP contribution is 2.38. The van der Waals surface area contributed by atoms with Gasteiger partial charge in [-0.2, -0.15) is 0 Å². The summed E-state index contributed by atoms with van der Waals surface area (Å²) in [7, 11) is 0. The van der Waals surface area contributed by atoms with Gasteiger partial charge in [-0.05, 0) is 47.6 Å². The lowest BCUT2D eigenvalue weighted by molar-refractivity contribution is 0.0629. The lowest BCUT2D eigenvalue weighted by Crippen LogP contribution is -2.41. The Labute approximate surface area is 137 Å². The molecule has 1 aliphatic heterocycles.